The lowest BCUT2D eigenvalue weighted by Crippen LogP contribution is -2.44. The Labute approximate surface area is 197 Å². The number of benzene rings is 1. The second kappa shape index (κ2) is 11.4. The number of aromatic carboxylic acids is 1. The standard InChI is InChI=1S/C22H32FN4O6P/c1-4-32-34(31,33-5-2)15-24-6-7-27-14-17(22(29)30)21(28)16-12-18(23)20(13-19(16)27)26-10-8-25(3)9-11-26/h12-14,24H,4-11,15H2,1-3H3,(H,29,30). The summed E-state index contributed by atoms with van der Waals surface area (Å²) in [6.45, 7) is 7.33. The quantitative estimate of drug-likeness (QED) is 0.356. The van der Waals surface area contributed by atoms with E-state index in [9.17, 15) is 19.3 Å². The number of rotatable bonds is 11. The van der Waals surface area contributed by atoms with Crippen molar-refractivity contribution in [3.63, 3.8) is 0 Å². The van der Waals surface area contributed by atoms with E-state index in [1.165, 1.54) is 6.20 Å². The Balaban J connectivity index is 1.91. The molecule has 2 N–H and O–H groups in total. The molecule has 1 aromatic heterocycles. The van der Waals surface area contributed by atoms with E-state index in [0.29, 0.717) is 30.8 Å². The van der Waals surface area contributed by atoms with Crippen LogP contribution in [-0.4, -0.2) is 79.8 Å². The molecule has 10 nitrogen and oxygen atoms in total. The molecule has 188 valence electrons. The van der Waals surface area contributed by atoms with Crippen molar-refractivity contribution in [1.29, 1.82) is 0 Å². The van der Waals surface area contributed by atoms with Crippen LogP contribution in [0.15, 0.2) is 23.1 Å². The van der Waals surface area contributed by atoms with Crippen LogP contribution in [0.25, 0.3) is 10.9 Å². The number of hydrogen-bond acceptors (Lipinski definition) is 8. The minimum atomic E-state index is -3.28. The number of likely N-dealkylation sites (N-methyl/N-ethyl adjacent to an activating group) is 1. The minimum Gasteiger partial charge on any atom is -0.477 e. The fourth-order valence-corrected chi connectivity index (χ4v) is 5.44. The predicted octanol–water partition coefficient (Wildman–Crippen LogP) is 2.40. The van der Waals surface area contributed by atoms with Gasteiger partial charge < -0.3 is 33.8 Å². The summed E-state index contributed by atoms with van der Waals surface area (Å²) in [7, 11) is -1.28. The molecule has 0 aliphatic carbocycles. The highest BCUT2D eigenvalue weighted by Crippen LogP contribution is 2.46. The SMILES string of the molecule is CCOP(=O)(CNCCn1cc(C(=O)O)c(=O)c2cc(F)c(N3CCN(C)CC3)cc21)OCC. The zero-order valence-corrected chi connectivity index (χ0v) is 20.6. The molecule has 1 aliphatic heterocycles. The number of carboxylic acid groups (broad SMARTS) is 1. The number of piperazine rings is 1. The molecule has 0 unspecified atom stereocenters. The largest absolute Gasteiger partial charge is 0.477 e. The molecule has 0 amide bonds. The van der Waals surface area contributed by atoms with E-state index < -0.39 is 30.4 Å². The normalized spacial score (nSPS) is 15.2. The lowest BCUT2D eigenvalue weighted by Gasteiger charge is -2.34. The van der Waals surface area contributed by atoms with E-state index in [4.69, 9.17) is 9.05 Å². The highest BCUT2D eigenvalue weighted by Gasteiger charge is 2.24. The molecule has 0 atom stereocenters. The topological polar surface area (TPSA) is 113 Å². The second-order valence-electron chi connectivity index (χ2n) is 8.09. The average molecular weight is 498 g/mol. The third kappa shape index (κ3) is 6.03. The fourth-order valence-electron chi connectivity index (χ4n) is 3.96. The van der Waals surface area contributed by atoms with Crippen LogP contribution in [-0.2, 0) is 20.2 Å². The number of carbonyl (C=O) groups is 1. The Morgan fingerprint density at radius 2 is 1.82 bits per heavy atom. The van der Waals surface area contributed by atoms with Crippen LogP contribution in [0.2, 0.25) is 0 Å². The van der Waals surface area contributed by atoms with Gasteiger partial charge in [0.05, 0.1) is 30.7 Å². The highest BCUT2D eigenvalue weighted by molar-refractivity contribution is 7.53. The van der Waals surface area contributed by atoms with Gasteiger partial charge in [0, 0.05) is 50.9 Å². The van der Waals surface area contributed by atoms with E-state index in [2.05, 4.69) is 10.2 Å². The van der Waals surface area contributed by atoms with Crippen molar-refractivity contribution in [3.05, 3.63) is 39.9 Å². The molecule has 1 aliphatic rings. The maximum atomic E-state index is 15.0. The van der Waals surface area contributed by atoms with Crippen LogP contribution in [0.1, 0.15) is 24.2 Å². The number of carboxylic acids is 1. The summed E-state index contributed by atoms with van der Waals surface area (Å²) in [6, 6.07) is 2.73. The van der Waals surface area contributed by atoms with Crippen LogP contribution in [0.3, 0.4) is 0 Å². The van der Waals surface area contributed by atoms with Crippen molar-refractivity contribution in [2.75, 3.05) is 64.2 Å². The van der Waals surface area contributed by atoms with Gasteiger partial charge in [-0.25, -0.2) is 9.18 Å². The van der Waals surface area contributed by atoms with Gasteiger partial charge in [-0.05, 0) is 33.0 Å². The summed E-state index contributed by atoms with van der Waals surface area (Å²) in [5.74, 6) is -1.94. The Morgan fingerprint density at radius 1 is 1.18 bits per heavy atom. The van der Waals surface area contributed by atoms with Crippen LogP contribution in [0.4, 0.5) is 10.1 Å². The van der Waals surface area contributed by atoms with Crippen molar-refractivity contribution in [1.82, 2.24) is 14.8 Å². The number of fused-ring (bicyclic) bond motifs is 1. The van der Waals surface area contributed by atoms with E-state index in [-0.39, 0.29) is 31.4 Å². The average Bonchev–Trinajstić information content (AvgIpc) is 2.78. The van der Waals surface area contributed by atoms with Gasteiger partial charge in [-0.1, -0.05) is 0 Å². The Bertz CT molecular complexity index is 1120. The summed E-state index contributed by atoms with van der Waals surface area (Å²) in [5.41, 5.74) is -0.354. The molecular formula is C22H32FN4O6P. The van der Waals surface area contributed by atoms with Crippen LogP contribution in [0.5, 0.6) is 0 Å². The molecule has 2 aromatic rings. The molecule has 0 saturated carbocycles. The van der Waals surface area contributed by atoms with E-state index in [1.807, 2.05) is 11.9 Å². The van der Waals surface area contributed by atoms with E-state index in [1.54, 1.807) is 24.5 Å². The molecule has 34 heavy (non-hydrogen) atoms. The number of nitrogens with one attached hydrogen (secondary N) is 1. The smallest absolute Gasteiger partial charge is 0.344 e. The predicted molar refractivity (Wildman–Crippen MR) is 129 cm³/mol. The first-order chi connectivity index (χ1) is 16.2. The summed E-state index contributed by atoms with van der Waals surface area (Å²) in [5, 5.41) is 12.5. The summed E-state index contributed by atoms with van der Waals surface area (Å²) in [4.78, 5) is 28.5. The lowest BCUT2D eigenvalue weighted by molar-refractivity contribution is 0.0694. The molecule has 1 aromatic carbocycles. The molecule has 0 radical (unpaired) electrons. The van der Waals surface area contributed by atoms with Crippen molar-refractivity contribution >= 4 is 30.2 Å². The van der Waals surface area contributed by atoms with Gasteiger partial charge in [-0.15, -0.1) is 0 Å². The van der Waals surface area contributed by atoms with Gasteiger partial charge >= 0.3 is 13.6 Å². The Kier molecular flexibility index (Phi) is 8.83. The molecule has 0 bridgehead atoms. The number of hydrogen-bond donors (Lipinski definition) is 2. The third-order valence-corrected chi connectivity index (χ3v) is 7.62. The van der Waals surface area contributed by atoms with Gasteiger partial charge in [0.2, 0.25) is 5.43 Å². The molecule has 1 fully saturated rings. The first-order valence-corrected chi connectivity index (χ1v) is 13.0. The van der Waals surface area contributed by atoms with Crippen molar-refractivity contribution in [2.24, 2.45) is 0 Å². The number of pyridine rings is 1. The highest BCUT2D eigenvalue weighted by atomic mass is 31.2. The van der Waals surface area contributed by atoms with Crippen molar-refractivity contribution < 1.29 is 27.9 Å². The zero-order valence-electron chi connectivity index (χ0n) is 19.8. The fraction of sp³-hybridized carbons (Fsp3) is 0.545. The number of aromatic nitrogens is 1. The van der Waals surface area contributed by atoms with Gasteiger partial charge in [0.1, 0.15) is 11.4 Å². The molecule has 12 heteroatoms. The number of nitrogens with zero attached hydrogens (tertiary/aromatic N) is 3. The van der Waals surface area contributed by atoms with Gasteiger partial charge in [0.15, 0.2) is 0 Å². The maximum absolute atomic E-state index is 15.0. The van der Waals surface area contributed by atoms with Crippen LogP contribution < -0.4 is 15.6 Å². The van der Waals surface area contributed by atoms with Gasteiger partial charge in [0.25, 0.3) is 0 Å². The third-order valence-electron chi connectivity index (χ3n) is 5.71. The maximum Gasteiger partial charge on any atom is 0.344 e. The van der Waals surface area contributed by atoms with E-state index in [0.717, 1.165) is 19.2 Å². The summed E-state index contributed by atoms with van der Waals surface area (Å²) >= 11 is 0. The Hall–Kier alpha value is -2.30. The van der Waals surface area contributed by atoms with Crippen LogP contribution >= 0.6 is 7.60 Å². The first-order valence-electron chi connectivity index (χ1n) is 11.3. The molecule has 0 spiro atoms. The summed E-state index contributed by atoms with van der Waals surface area (Å²) in [6.07, 6.45) is 1.25. The van der Waals surface area contributed by atoms with Gasteiger partial charge in [-0.3, -0.25) is 9.36 Å². The number of halogens is 1. The Morgan fingerprint density at radius 3 is 2.41 bits per heavy atom. The van der Waals surface area contributed by atoms with Crippen molar-refractivity contribution in [2.45, 2.75) is 20.4 Å². The van der Waals surface area contributed by atoms with Crippen molar-refractivity contribution in [3.8, 4) is 0 Å². The summed E-state index contributed by atoms with van der Waals surface area (Å²) < 4.78 is 39.8. The molecule has 1 saturated heterocycles. The van der Waals surface area contributed by atoms with E-state index >= 15 is 4.39 Å². The zero-order chi connectivity index (χ0) is 24.9. The molecule has 3 rings (SSSR count). The molecule has 2 heterocycles. The first kappa shape index (κ1) is 26.3. The minimum absolute atomic E-state index is 0.00424. The second-order valence-corrected chi connectivity index (χ2v) is 10.1. The van der Waals surface area contributed by atoms with Gasteiger partial charge in [-0.2, -0.15) is 0 Å². The lowest BCUT2D eigenvalue weighted by atomic mass is 10.1. The van der Waals surface area contributed by atoms with Crippen LogP contribution in [0, 0.1) is 5.82 Å². The number of anilines is 1. The monoisotopic (exact) mass is 498 g/mol. The molecular weight excluding hydrogens is 466 g/mol.